The fraction of sp³-hybridized carbons (Fsp3) is 0.263. The van der Waals surface area contributed by atoms with E-state index in [1.165, 1.54) is 0 Å². The van der Waals surface area contributed by atoms with E-state index in [0.29, 0.717) is 40.8 Å². The van der Waals surface area contributed by atoms with Crippen LogP contribution in [0.1, 0.15) is 22.3 Å². The molecule has 6 heteroatoms. The quantitative estimate of drug-likeness (QED) is 0.791. The zero-order valence-electron chi connectivity index (χ0n) is 13.6. The maximum absolute atomic E-state index is 12.7. The molecule has 2 aromatic rings. The summed E-state index contributed by atoms with van der Waals surface area (Å²) in [6.45, 7) is 2.68. The van der Waals surface area contributed by atoms with E-state index in [4.69, 9.17) is 23.2 Å². The zero-order chi connectivity index (χ0) is 17.8. The molecule has 4 nitrogen and oxygen atoms in total. The van der Waals surface area contributed by atoms with Crippen LogP contribution >= 0.6 is 23.2 Å². The van der Waals surface area contributed by atoms with Crippen LogP contribution in [0, 0.1) is 11.3 Å². The minimum Gasteiger partial charge on any atom is -0.369 e. The van der Waals surface area contributed by atoms with Gasteiger partial charge in [0.25, 0.3) is 5.91 Å². The van der Waals surface area contributed by atoms with Gasteiger partial charge in [0.15, 0.2) is 0 Å². The normalized spacial score (nSPS) is 14.8. The fourth-order valence-corrected chi connectivity index (χ4v) is 3.43. The van der Waals surface area contributed by atoms with Gasteiger partial charge in [-0.25, -0.2) is 0 Å². The Labute approximate surface area is 157 Å². The summed E-state index contributed by atoms with van der Waals surface area (Å²) in [7, 11) is 0. The smallest absolute Gasteiger partial charge is 0.255 e. The Bertz CT molecular complexity index is 832. The zero-order valence-corrected chi connectivity index (χ0v) is 15.1. The summed E-state index contributed by atoms with van der Waals surface area (Å²) < 4.78 is 0. The molecular formula is C19H17Cl2N3O. The highest BCUT2D eigenvalue weighted by Crippen LogP contribution is 2.25. The first-order valence-electron chi connectivity index (χ1n) is 8.08. The fourth-order valence-electron chi connectivity index (χ4n) is 3.04. The lowest BCUT2D eigenvalue weighted by molar-refractivity contribution is 0.0767. The lowest BCUT2D eigenvalue weighted by atomic mass is 10.1. The highest BCUT2D eigenvalue weighted by atomic mass is 35.5. The number of nitriles is 1. The van der Waals surface area contributed by atoms with Gasteiger partial charge in [0.1, 0.15) is 6.07 Å². The van der Waals surface area contributed by atoms with Crippen LogP contribution in [0.25, 0.3) is 0 Å². The van der Waals surface area contributed by atoms with Crippen molar-refractivity contribution in [2.45, 2.75) is 6.42 Å². The molecular weight excluding hydrogens is 357 g/mol. The van der Waals surface area contributed by atoms with E-state index in [-0.39, 0.29) is 5.91 Å². The number of carbonyl (C=O) groups is 1. The van der Waals surface area contributed by atoms with Crippen LogP contribution in [0.15, 0.2) is 42.5 Å². The Morgan fingerprint density at radius 3 is 2.60 bits per heavy atom. The number of carbonyl (C=O) groups excluding carboxylic acids is 1. The number of hydrogen-bond acceptors (Lipinski definition) is 3. The number of benzene rings is 2. The average Bonchev–Trinajstić information content (AvgIpc) is 2.87. The van der Waals surface area contributed by atoms with Gasteiger partial charge in [-0.05, 0) is 36.8 Å². The van der Waals surface area contributed by atoms with E-state index in [2.05, 4.69) is 11.0 Å². The highest BCUT2D eigenvalue weighted by molar-refractivity contribution is 6.33. The highest BCUT2D eigenvalue weighted by Gasteiger charge is 2.22. The molecule has 0 aliphatic carbocycles. The van der Waals surface area contributed by atoms with Gasteiger partial charge in [-0.15, -0.1) is 0 Å². The number of anilines is 1. The Kier molecular flexibility index (Phi) is 5.47. The molecule has 25 heavy (non-hydrogen) atoms. The molecule has 1 fully saturated rings. The van der Waals surface area contributed by atoms with Crippen molar-refractivity contribution >= 4 is 34.8 Å². The van der Waals surface area contributed by atoms with Crippen molar-refractivity contribution in [3.63, 3.8) is 0 Å². The largest absolute Gasteiger partial charge is 0.369 e. The van der Waals surface area contributed by atoms with Crippen molar-refractivity contribution in [3.8, 4) is 6.07 Å². The summed E-state index contributed by atoms with van der Waals surface area (Å²) in [6.07, 6.45) is 0.823. The molecule has 0 atom stereocenters. The van der Waals surface area contributed by atoms with Crippen LogP contribution in [-0.2, 0) is 0 Å². The molecule has 1 aliphatic rings. The van der Waals surface area contributed by atoms with Gasteiger partial charge in [0, 0.05) is 31.2 Å². The van der Waals surface area contributed by atoms with Crippen molar-refractivity contribution in [1.82, 2.24) is 4.90 Å². The predicted octanol–water partition coefficient (Wildman–Crippen LogP) is 4.22. The van der Waals surface area contributed by atoms with Gasteiger partial charge in [-0.2, -0.15) is 5.26 Å². The Hall–Kier alpha value is -2.22. The standard InChI is InChI=1S/C19H17Cl2N3O/c20-15-6-7-18(14(12-15)13-22)23-8-3-9-24(11-10-23)19(25)16-4-1-2-5-17(16)21/h1-2,4-7,12H,3,8-11H2. The Balaban J connectivity index is 1.76. The van der Waals surface area contributed by atoms with Gasteiger partial charge in [-0.1, -0.05) is 35.3 Å². The Morgan fingerprint density at radius 2 is 1.84 bits per heavy atom. The lowest BCUT2D eigenvalue weighted by Crippen LogP contribution is -2.35. The summed E-state index contributed by atoms with van der Waals surface area (Å²) in [6, 6.07) is 14.6. The van der Waals surface area contributed by atoms with Gasteiger partial charge < -0.3 is 9.80 Å². The Morgan fingerprint density at radius 1 is 1.04 bits per heavy atom. The van der Waals surface area contributed by atoms with Crippen molar-refractivity contribution in [2.24, 2.45) is 0 Å². The van der Waals surface area contributed by atoms with Gasteiger partial charge in [0.2, 0.25) is 0 Å². The van der Waals surface area contributed by atoms with Gasteiger partial charge >= 0.3 is 0 Å². The molecule has 0 radical (unpaired) electrons. The van der Waals surface area contributed by atoms with Crippen LogP contribution in [-0.4, -0.2) is 37.0 Å². The van der Waals surface area contributed by atoms with Crippen molar-refractivity contribution in [1.29, 1.82) is 5.26 Å². The molecule has 1 aliphatic heterocycles. The third-order valence-corrected chi connectivity index (χ3v) is 4.87. The molecule has 0 aromatic heterocycles. The molecule has 2 aromatic carbocycles. The maximum atomic E-state index is 12.7. The van der Waals surface area contributed by atoms with E-state index in [1.807, 2.05) is 23.1 Å². The van der Waals surface area contributed by atoms with E-state index in [9.17, 15) is 10.1 Å². The molecule has 128 valence electrons. The summed E-state index contributed by atoms with van der Waals surface area (Å²) >= 11 is 12.1. The minimum atomic E-state index is -0.0518. The first kappa shape index (κ1) is 17.6. The summed E-state index contributed by atoms with van der Waals surface area (Å²) in [5.41, 5.74) is 1.94. The molecule has 1 saturated heterocycles. The minimum absolute atomic E-state index is 0.0518. The molecule has 0 spiro atoms. The van der Waals surface area contributed by atoms with Gasteiger partial charge in [0.05, 0.1) is 21.8 Å². The molecule has 3 rings (SSSR count). The third-order valence-electron chi connectivity index (χ3n) is 4.31. The molecule has 0 N–H and O–H groups in total. The average molecular weight is 374 g/mol. The number of nitrogens with zero attached hydrogens (tertiary/aromatic N) is 3. The molecule has 0 saturated carbocycles. The first-order chi connectivity index (χ1) is 12.1. The maximum Gasteiger partial charge on any atom is 0.255 e. The van der Waals surface area contributed by atoms with E-state index in [1.54, 1.807) is 24.3 Å². The molecule has 0 unspecified atom stereocenters. The number of halogens is 2. The van der Waals surface area contributed by atoms with Crippen LogP contribution in [0.3, 0.4) is 0 Å². The van der Waals surface area contributed by atoms with Crippen molar-refractivity contribution < 1.29 is 4.79 Å². The second-order valence-electron chi connectivity index (χ2n) is 5.89. The lowest BCUT2D eigenvalue weighted by Gasteiger charge is -2.24. The number of hydrogen-bond donors (Lipinski definition) is 0. The predicted molar refractivity (Wildman–Crippen MR) is 100 cm³/mol. The first-order valence-corrected chi connectivity index (χ1v) is 8.84. The topological polar surface area (TPSA) is 47.3 Å². The summed E-state index contributed by atoms with van der Waals surface area (Å²) in [5.74, 6) is -0.0518. The summed E-state index contributed by atoms with van der Waals surface area (Å²) in [4.78, 5) is 16.7. The van der Waals surface area contributed by atoms with Gasteiger partial charge in [-0.3, -0.25) is 4.79 Å². The second kappa shape index (κ2) is 7.77. The molecule has 0 bridgehead atoms. The van der Waals surface area contributed by atoms with Crippen molar-refractivity contribution in [3.05, 3.63) is 63.6 Å². The van der Waals surface area contributed by atoms with E-state index >= 15 is 0 Å². The van der Waals surface area contributed by atoms with E-state index < -0.39 is 0 Å². The molecule has 1 amide bonds. The number of amides is 1. The van der Waals surface area contributed by atoms with Crippen LogP contribution < -0.4 is 4.90 Å². The second-order valence-corrected chi connectivity index (χ2v) is 6.73. The third kappa shape index (κ3) is 3.89. The monoisotopic (exact) mass is 373 g/mol. The van der Waals surface area contributed by atoms with Crippen LogP contribution in [0.2, 0.25) is 10.0 Å². The number of rotatable bonds is 2. The van der Waals surface area contributed by atoms with Crippen LogP contribution in [0.5, 0.6) is 0 Å². The van der Waals surface area contributed by atoms with E-state index in [0.717, 1.165) is 18.7 Å². The van der Waals surface area contributed by atoms with Crippen molar-refractivity contribution in [2.75, 3.05) is 31.1 Å². The SMILES string of the molecule is N#Cc1cc(Cl)ccc1N1CCCN(C(=O)c2ccccc2Cl)CC1. The molecule has 1 heterocycles. The summed E-state index contributed by atoms with van der Waals surface area (Å²) in [5, 5.41) is 10.4. The van der Waals surface area contributed by atoms with Crippen LogP contribution in [0.4, 0.5) is 5.69 Å².